The van der Waals surface area contributed by atoms with Crippen LogP contribution in [0, 0.1) is 0 Å². The molecular formula is C12H15N3. The lowest BCUT2D eigenvalue weighted by molar-refractivity contribution is 0.503. The van der Waals surface area contributed by atoms with E-state index in [9.17, 15) is 0 Å². The molecule has 2 aliphatic rings. The van der Waals surface area contributed by atoms with Crippen LogP contribution in [0.5, 0.6) is 0 Å². The van der Waals surface area contributed by atoms with Gasteiger partial charge in [0.25, 0.3) is 0 Å². The van der Waals surface area contributed by atoms with Crippen molar-refractivity contribution in [2.45, 2.75) is 31.3 Å². The highest BCUT2D eigenvalue weighted by molar-refractivity contribution is 6.04. The van der Waals surface area contributed by atoms with E-state index in [0.717, 1.165) is 24.1 Å². The Morgan fingerprint density at radius 2 is 1.93 bits per heavy atom. The van der Waals surface area contributed by atoms with Crippen LogP contribution in [0.15, 0.2) is 29.3 Å². The first kappa shape index (κ1) is 8.77. The van der Waals surface area contributed by atoms with Crippen LogP contribution in [0.2, 0.25) is 0 Å². The lowest BCUT2D eigenvalue weighted by Gasteiger charge is -2.32. The van der Waals surface area contributed by atoms with Gasteiger partial charge in [-0.1, -0.05) is 12.1 Å². The summed E-state index contributed by atoms with van der Waals surface area (Å²) < 4.78 is 0. The zero-order valence-electron chi connectivity index (χ0n) is 8.66. The van der Waals surface area contributed by atoms with E-state index >= 15 is 0 Å². The fourth-order valence-corrected chi connectivity index (χ4v) is 2.58. The Kier molecular flexibility index (Phi) is 1.75. The van der Waals surface area contributed by atoms with Gasteiger partial charge in [-0.25, -0.2) is 4.99 Å². The van der Waals surface area contributed by atoms with Crippen molar-refractivity contribution in [3.05, 3.63) is 29.8 Å². The predicted molar refractivity (Wildman–Crippen MR) is 62.0 cm³/mol. The van der Waals surface area contributed by atoms with Crippen molar-refractivity contribution in [2.24, 2.45) is 10.7 Å². The number of nitrogens with zero attached hydrogens (tertiary/aromatic N) is 1. The van der Waals surface area contributed by atoms with Gasteiger partial charge in [0.05, 0.1) is 0 Å². The van der Waals surface area contributed by atoms with E-state index < -0.39 is 0 Å². The predicted octanol–water partition coefficient (Wildman–Crippen LogP) is 2.09. The smallest absolute Gasteiger partial charge is 0.131 e. The van der Waals surface area contributed by atoms with Crippen molar-refractivity contribution in [2.75, 3.05) is 5.32 Å². The Morgan fingerprint density at radius 1 is 1.20 bits per heavy atom. The summed E-state index contributed by atoms with van der Waals surface area (Å²) in [6.07, 6.45) is 4.68. The molecule has 1 heterocycles. The minimum absolute atomic E-state index is 0.0988. The third kappa shape index (κ3) is 1.30. The Morgan fingerprint density at radius 3 is 2.73 bits per heavy atom. The maximum absolute atomic E-state index is 6.01. The second-order valence-corrected chi connectivity index (χ2v) is 4.41. The third-order valence-corrected chi connectivity index (χ3v) is 3.34. The van der Waals surface area contributed by atoms with Crippen molar-refractivity contribution in [3.8, 4) is 0 Å². The number of rotatable bonds is 0. The van der Waals surface area contributed by atoms with Gasteiger partial charge in [0.2, 0.25) is 0 Å². The van der Waals surface area contributed by atoms with E-state index in [1.54, 1.807) is 0 Å². The molecule has 1 spiro atoms. The highest BCUT2D eigenvalue weighted by atomic mass is 15.2. The van der Waals surface area contributed by atoms with Gasteiger partial charge in [-0.2, -0.15) is 0 Å². The largest absolute Gasteiger partial charge is 0.383 e. The highest BCUT2D eigenvalue weighted by Crippen LogP contribution is 2.38. The zero-order chi connectivity index (χ0) is 10.3. The van der Waals surface area contributed by atoms with Crippen LogP contribution in [0.1, 0.15) is 31.2 Å². The van der Waals surface area contributed by atoms with Crippen LogP contribution in [-0.4, -0.2) is 11.5 Å². The van der Waals surface area contributed by atoms with E-state index in [0.29, 0.717) is 5.84 Å². The van der Waals surface area contributed by atoms with Gasteiger partial charge in [0.15, 0.2) is 0 Å². The van der Waals surface area contributed by atoms with Crippen LogP contribution in [-0.2, 0) is 0 Å². The van der Waals surface area contributed by atoms with Gasteiger partial charge in [-0.05, 0) is 37.8 Å². The summed E-state index contributed by atoms with van der Waals surface area (Å²) >= 11 is 0. The number of amidine groups is 1. The minimum atomic E-state index is -0.0988. The number of para-hydroxylation sites is 1. The summed E-state index contributed by atoms with van der Waals surface area (Å²) in [4.78, 5) is 4.64. The molecule has 3 heteroatoms. The second kappa shape index (κ2) is 2.99. The van der Waals surface area contributed by atoms with Crippen LogP contribution < -0.4 is 11.1 Å². The second-order valence-electron chi connectivity index (χ2n) is 4.41. The van der Waals surface area contributed by atoms with Gasteiger partial charge in [-0.3, -0.25) is 0 Å². The van der Waals surface area contributed by atoms with Gasteiger partial charge < -0.3 is 11.1 Å². The summed E-state index contributed by atoms with van der Waals surface area (Å²) in [6.45, 7) is 0. The quantitative estimate of drug-likeness (QED) is 0.675. The molecule has 0 atom stereocenters. The average molecular weight is 201 g/mol. The Balaban J connectivity index is 2.07. The first-order valence-corrected chi connectivity index (χ1v) is 5.52. The van der Waals surface area contributed by atoms with Crippen LogP contribution in [0.4, 0.5) is 5.69 Å². The SMILES string of the molecule is NC1=NC2(CCCC2)Nc2ccccc21. The summed E-state index contributed by atoms with van der Waals surface area (Å²) in [6, 6.07) is 8.13. The van der Waals surface area contributed by atoms with Crippen LogP contribution in [0.25, 0.3) is 0 Å². The lowest BCUT2D eigenvalue weighted by atomic mass is 10.0. The van der Waals surface area contributed by atoms with Crippen LogP contribution in [0.3, 0.4) is 0 Å². The molecule has 0 amide bonds. The molecule has 3 nitrogen and oxygen atoms in total. The molecule has 0 radical (unpaired) electrons. The average Bonchev–Trinajstić information content (AvgIpc) is 2.66. The number of nitrogens with one attached hydrogen (secondary N) is 1. The molecule has 0 saturated heterocycles. The van der Waals surface area contributed by atoms with Gasteiger partial charge in [-0.15, -0.1) is 0 Å². The monoisotopic (exact) mass is 201 g/mol. The van der Waals surface area contributed by atoms with E-state index in [-0.39, 0.29) is 5.66 Å². The Bertz CT molecular complexity index is 417. The number of hydrogen-bond acceptors (Lipinski definition) is 3. The van der Waals surface area contributed by atoms with Crippen molar-refractivity contribution in [1.29, 1.82) is 0 Å². The summed E-state index contributed by atoms with van der Waals surface area (Å²) in [7, 11) is 0. The molecule has 3 N–H and O–H groups in total. The number of benzene rings is 1. The molecule has 0 bridgehead atoms. The van der Waals surface area contributed by atoms with Crippen molar-refractivity contribution in [1.82, 2.24) is 0 Å². The zero-order valence-corrected chi connectivity index (χ0v) is 8.66. The maximum atomic E-state index is 6.01. The summed E-state index contributed by atoms with van der Waals surface area (Å²) in [5.41, 5.74) is 8.08. The number of hydrogen-bond donors (Lipinski definition) is 2. The fraction of sp³-hybridized carbons (Fsp3) is 0.417. The fourth-order valence-electron chi connectivity index (χ4n) is 2.58. The molecule has 1 aromatic carbocycles. The lowest BCUT2D eigenvalue weighted by Crippen LogP contribution is -2.40. The van der Waals surface area contributed by atoms with Gasteiger partial charge in [0.1, 0.15) is 11.5 Å². The van der Waals surface area contributed by atoms with Crippen LogP contribution >= 0.6 is 0 Å². The van der Waals surface area contributed by atoms with Gasteiger partial charge >= 0.3 is 0 Å². The molecule has 1 saturated carbocycles. The molecule has 1 aliphatic heterocycles. The molecule has 0 aromatic heterocycles. The number of fused-ring (bicyclic) bond motifs is 1. The molecule has 1 aromatic rings. The van der Waals surface area contributed by atoms with E-state index in [1.165, 1.54) is 12.8 Å². The molecule has 1 fully saturated rings. The Labute approximate surface area is 89.4 Å². The number of anilines is 1. The van der Waals surface area contributed by atoms with E-state index in [4.69, 9.17) is 5.73 Å². The molecule has 0 unspecified atom stereocenters. The van der Waals surface area contributed by atoms with Crippen molar-refractivity contribution < 1.29 is 0 Å². The maximum Gasteiger partial charge on any atom is 0.131 e. The molecule has 3 rings (SSSR count). The summed E-state index contributed by atoms with van der Waals surface area (Å²) in [5, 5.41) is 3.54. The number of nitrogens with two attached hydrogens (primary N) is 1. The normalized spacial score (nSPS) is 22.0. The summed E-state index contributed by atoms with van der Waals surface area (Å²) in [5.74, 6) is 0.686. The number of aliphatic imine (C=N–C) groups is 1. The highest BCUT2D eigenvalue weighted by Gasteiger charge is 2.36. The molecular weight excluding hydrogens is 186 g/mol. The standard InChI is InChI=1S/C12H15N3/c13-11-9-5-1-2-6-10(9)14-12(15-11)7-3-4-8-12/h1-2,5-6,14H,3-4,7-8H2,(H2,13,15). The molecule has 78 valence electrons. The minimum Gasteiger partial charge on any atom is -0.383 e. The molecule has 1 aliphatic carbocycles. The van der Waals surface area contributed by atoms with E-state index in [2.05, 4.69) is 16.4 Å². The van der Waals surface area contributed by atoms with Gasteiger partial charge in [0, 0.05) is 11.3 Å². The Hall–Kier alpha value is -1.51. The molecule has 15 heavy (non-hydrogen) atoms. The van der Waals surface area contributed by atoms with Crippen molar-refractivity contribution in [3.63, 3.8) is 0 Å². The first-order chi connectivity index (χ1) is 7.29. The first-order valence-electron chi connectivity index (χ1n) is 5.52. The third-order valence-electron chi connectivity index (χ3n) is 3.34. The van der Waals surface area contributed by atoms with E-state index in [1.807, 2.05) is 18.2 Å². The van der Waals surface area contributed by atoms with Crippen molar-refractivity contribution >= 4 is 11.5 Å². The topological polar surface area (TPSA) is 50.4 Å².